The van der Waals surface area contributed by atoms with Gasteiger partial charge in [0, 0.05) is 43.1 Å². The van der Waals surface area contributed by atoms with Crippen LogP contribution in [-0.2, 0) is 9.53 Å². The van der Waals surface area contributed by atoms with Gasteiger partial charge in [-0.15, -0.1) is 0 Å². The van der Waals surface area contributed by atoms with Crippen LogP contribution in [-0.4, -0.2) is 60.6 Å². The summed E-state index contributed by atoms with van der Waals surface area (Å²) < 4.78 is 32.9. The Morgan fingerprint density at radius 3 is 2.70 bits per heavy atom. The van der Waals surface area contributed by atoms with Crippen LogP contribution in [0.25, 0.3) is 0 Å². The fourth-order valence-corrected chi connectivity index (χ4v) is 3.05. The van der Waals surface area contributed by atoms with Crippen LogP contribution in [0.1, 0.15) is 12.8 Å². The van der Waals surface area contributed by atoms with Crippen LogP contribution in [0.3, 0.4) is 0 Å². The third-order valence-corrected chi connectivity index (χ3v) is 4.65. The summed E-state index contributed by atoms with van der Waals surface area (Å²) in [5.74, 6) is -2.08. The number of aromatic nitrogens is 1. The van der Waals surface area contributed by atoms with E-state index >= 15 is 0 Å². The highest BCUT2D eigenvalue weighted by Gasteiger charge is 2.38. The average molecular weight is 390 g/mol. The minimum atomic E-state index is -2.66. The summed E-state index contributed by atoms with van der Waals surface area (Å²) in [6, 6.07) is 3.76. The predicted octanol–water partition coefficient (Wildman–Crippen LogP) is 2.31. The lowest BCUT2D eigenvalue weighted by Gasteiger charge is -2.38. The first kappa shape index (κ1) is 16.6. The highest BCUT2D eigenvalue weighted by atomic mass is 79.9. The van der Waals surface area contributed by atoms with Crippen molar-refractivity contribution in [3.8, 4) is 0 Å². The Hall–Kier alpha value is -1.28. The van der Waals surface area contributed by atoms with Crippen LogP contribution < -0.4 is 4.90 Å². The van der Waals surface area contributed by atoms with Gasteiger partial charge >= 0.3 is 0 Å². The smallest absolute Gasteiger partial charge is 0.253 e. The van der Waals surface area contributed by atoms with Crippen LogP contribution in [0.2, 0.25) is 0 Å². The lowest BCUT2D eigenvalue weighted by atomic mass is 10.1. The molecule has 1 aromatic heterocycles. The standard InChI is InChI=1S/C15H18BrF2N3O2/c16-11-1-2-13(19-9-11)21-7-8-23-12(10-21)14(22)20-5-3-15(17,18)4-6-20/h1-2,9,12H,3-8,10H2. The number of morpholine rings is 1. The van der Waals surface area contributed by atoms with Crippen LogP contribution in [0.4, 0.5) is 14.6 Å². The number of piperidine rings is 1. The molecule has 2 saturated heterocycles. The number of nitrogens with zero attached hydrogens (tertiary/aromatic N) is 3. The van der Waals surface area contributed by atoms with Gasteiger partial charge in [0.1, 0.15) is 5.82 Å². The van der Waals surface area contributed by atoms with Crippen molar-refractivity contribution >= 4 is 27.7 Å². The Morgan fingerprint density at radius 1 is 1.30 bits per heavy atom. The molecule has 3 heterocycles. The summed E-state index contributed by atoms with van der Waals surface area (Å²) in [5, 5.41) is 0. The molecule has 0 saturated carbocycles. The molecule has 0 spiro atoms. The Labute approximate surface area is 141 Å². The zero-order valence-corrected chi connectivity index (χ0v) is 14.1. The van der Waals surface area contributed by atoms with E-state index in [0.29, 0.717) is 19.7 Å². The number of amides is 1. The molecule has 5 nitrogen and oxygen atoms in total. The van der Waals surface area contributed by atoms with Crippen molar-refractivity contribution in [2.24, 2.45) is 0 Å². The lowest BCUT2D eigenvalue weighted by molar-refractivity contribution is -0.150. The first-order valence-electron chi connectivity index (χ1n) is 7.59. The largest absolute Gasteiger partial charge is 0.365 e. The van der Waals surface area contributed by atoms with Gasteiger partial charge in [-0.05, 0) is 28.1 Å². The van der Waals surface area contributed by atoms with Gasteiger partial charge in [0.15, 0.2) is 6.10 Å². The molecular weight excluding hydrogens is 372 g/mol. The second kappa shape index (κ2) is 6.68. The molecule has 2 aliphatic heterocycles. The minimum Gasteiger partial charge on any atom is -0.365 e. The molecule has 126 valence electrons. The number of hydrogen-bond donors (Lipinski definition) is 0. The third kappa shape index (κ3) is 3.98. The van der Waals surface area contributed by atoms with Crippen molar-refractivity contribution in [3.05, 3.63) is 22.8 Å². The van der Waals surface area contributed by atoms with E-state index in [0.717, 1.165) is 10.3 Å². The lowest BCUT2D eigenvalue weighted by Crippen LogP contribution is -2.53. The minimum absolute atomic E-state index is 0.0855. The maximum Gasteiger partial charge on any atom is 0.253 e. The SMILES string of the molecule is O=C(C1CN(c2ccc(Br)cn2)CCO1)N1CCC(F)(F)CC1. The predicted molar refractivity (Wildman–Crippen MR) is 84.7 cm³/mol. The van der Waals surface area contributed by atoms with Crippen molar-refractivity contribution < 1.29 is 18.3 Å². The molecule has 3 rings (SSSR count). The third-order valence-electron chi connectivity index (χ3n) is 4.18. The summed E-state index contributed by atoms with van der Waals surface area (Å²) >= 11 is 3.34. The zero-order valence-electron chi connectivity index (χ0n) is 12.6. The number of alkyl halides is 2. The first-order chi connectivity index (χ1) is 10.9. The van der Waals surface area contributed by atoms with E-state index in [2.05, 4.69) is 20.9 Å². The highest BCUT2D eigenvalue weighted by molar-refractivity contribution is 9.10. The number of anilines is 1. The molecule has 0 N–H and O–H groups in total. The van der Waals surface area contributed by atoms with E-state index in [9.17, 15) is 13.6 Å². The van der Waals surface area contributed by atoms with E-state index in [1.807, 2.05) is 17.0 Å². The maximum atomic E-state index is 13.2. The first-order valence-corrected chi connectivity index (χ1v) is 8.39. The zero-order chi connectivity index (χ0) is 16.4. The van der Waals surface area contributed by atoms with Gasteiger partial charge in [0.25, 0.3) is 11.8 Å². The molecule has 1 aromatic rings. The number of carbonyl (C=O) groups excluding carboxylic acids is 1. The molecule has 0 radical (unpaired) electrons. The molecule has 23 heavy (non-hydrogen) atoms. The molecular formula is C15H18BrF2N3O2. The Kier molecular flexibility index (Phi) is 4.82. The van der Waals surface area contributed by atoms with Crippen LogP contribution in [0.15, 0.2) is 22.8 Å². The normalized spacial score (nSPS) is 24.6. The van der Waals surface area contributed by atoms with Crippen molar-refractivity contribution in [2.45, 2.75) is 24.9 Å². The van der Waals surface area contributed by atoms with E-state index in [1.54, 1.807) is 6.20 Å². The number of pyridine rings is 1. The molecule has 2 aliphatic rings. The van der Waals surface area contributed by atoms with Crippen LogP contribution in [0.5, 0.6) is 0 Å². The fraction of sp³-hybridized carbons (Fsp3) is 0.600. The summed E-state index contributed by atoms with van der Waals surface area (Å²) in [7, 11) is 0. The van der Waals surface area contributed by atoms with Gasteiger partial charge < -0.3 is 14.5 Å². The monoisotopic (exact) mass is 389 g/mol. The second-order valence-electron chi connectivity index (χ2n) is 5.82. The van der Waals surface area contributed by atoms with Gasteiger partial charge in [-0.3, -0.25) is 4.79 Å². The molecule has 8 heteroatoms. The van der Waals surface area contributed by atoms with Crippen molar-refractivity contribution in [1.29, 1.82) is 0 Å². The number of likely N-dealkylation sites (tertiary alicyclic amines) is 1. The molecule has 1 amide bonds. The average Bonchev–Trinajstić information content (AvgIpc) is 2.55. The number of rotatable bonds is 2. The highest BCUT2D eigenvalue weighted by Crippen LogP contribution is 2.28. The Bertz CT molecular complexity index is 560. The summed E-state index contributed by atoms with van der Waals surface area (Å²) in [6.45, 7) is 1.62. The quantitative estimate of drug-likeness (QED) is 0.778. The van der Waals surface area contributed by atoms with Gasteiger partial charge in [0.05, 0.1) is 13.2 Å². The van der Waals surface area contributed by atoms with Gasteiger partial charge in [-0.1, -0.05) is 0 Å². The Morgan fingerprint density at radius 2 is 2.04 bits per heavy atom. The number of hydrogen-bond acceptors (Lipinski definition) is 4. The molecule has 1 atom stereocenters. The topological polar surface area (TPSA) is 45.7 Å². The Balaban J connectivity index is 1.62. The van der Waals surface area contributed by atoms with Gasteiger partial charge in [-0.2, -0.15) is 0 Å². The maximum absolute atomic E-state index is 13.2. The molecule has 0 bridgehead atoms. The molecule has 0 aliphatic carbocycles. The number of ether oxygens (including phenoxy) is 1. The van der Waals surface area contributed by atoms with E-state index < -0.39 is 12.0 Å². The molecule has 0 aromatic carbocycles. The number of halogens is 3. The summed E-state index contributed by atoms with van der Waals surface area (Å²) in [6.07, 6.45) is 0.530. The van der Waals surface area contributed by atoms with Crippen molar-refractivity contribution in [1.82, 2.24) is 9.88 Å². The van der Waals surface area contributed by atoms with Crippen molar-refractivity contribution in [2.75, 3.05) is 37.7 Å². The van der Waals surface area contributed by atoms with Gasteiger partial charge in [-0.25, -0.2) is 13.8 Å². The van der Waals surface area contributed by atoms with E-state index in [-0.39, 0.29) is 31.8 Å². The van der Waals surface area contributed by atoms with Crippen LogP contribution in [0, 0.1) is 0 Å². The number of carbonyl (C=O) groups is 1. The fourth-order valence-electron chi connectivity index (χ4n) is 2.82. The van der Waals surface area contributed by atoms with Crippen molar-refractivity contribution in [3.63, 3.8) is 0 Å². The summed E-state index contributed by atoms with van der Waals surface area (Å²) in [4.78, 5) is 20.3. The molecule has 1 unspecified atom stereocenters. The van der Waals surface area contributed by atoms with E-state index in [4.69, 9.17) is 4.74 Å². The summed E-state index contributed by atoms with van der Waals surface area (Å²) in [5.41, 5.74) is 0. The van der Waals surface area contributed by atoms with E-state index in [1.165, 1.54) is 4.90 Å². The second-order valence-corrected chi connectivity index (χ2v) is 6.74. The van der Waals surface area contributed by atoms with Crippen LogP contribution >= 0.6 is 15.9 Å². The molecule has 2 fully saturated rings. The van der Waals surface area contributed by atoms with Gasteiger partial charge in [0.2, 0.25) is 0 Å².